The van der Waals surface area contributed by atoms with Crippen molar-refractivity contribution in [3.05, 3.63) is 51.6 Å². The molecule has 2 N–H and O–H groups in total. The van der Waals surface area contributed by atoms with E-state index >= 15 is 0 Å². The van der Waals surface area contributed by atoms with Crippen molar-refractivity contribution in [2.24, 2.45) is 0 Å². The van der Waals surface area contributed by atoms with Gasteiger partial charge in [0.15, 0.2) is 0 Å². The molecule has 2 aromatic carbocycles. The third-order valence-corrected chi connectivity index (χ3v) is 11.4. The molecule has 3 heterocycles. The van der Waals surface area contributed by atoms with Crippen molar-refractivity contribution in [3.63, 3.8) is 0 Å². The zero-order valence-corrected chi connectivity index (χ0v) is 29.7. The van der Waals surface area contributed by atoms with E-state index in [0.29, 0.717) is 22.3 Å². The van der Waals surface area contributed by atoms with Crippen molar-refractivity contribution in [2.75, 3.05) is 82.3 Å². The summed E-state index contributed by atoms with van der Waals surface area (Å²) in [6.45, 7) is 16.7. The molecule has 2 saturated heterocycles. The summed E-state index contributed by atoms with van der Waals surface area (Å²) in [5.41, 5.74) is 6.28. The lowest BCUT2D eigenvalue weighted by Gasteiger charge is -2.43. The number of anilines is 5. The molecular formula is C33H47BrN7O2P. The fourth-order valence-electron chi connectivity index (χ4n) is 6.48. The number of piperazine rings is 1. The topological polar surface area (TPSA) is 85.9 Å². The number of ether oxygens (including phenoxy) is 1. The van der Waals surface area contributed by atoms with Crippen LogP contribution in [-0.4, -0.2) is 92.6 Å². The number of aryl methyl sites for hydroxylation is 2. The smallest absolute Gasteiger partial charge is 0.229 e. The Balaban J connectivity index is 1.35. The molecule has 0 radical (unpaired) electrons. The third-order valence-electron chi connectivity index (χ3n) is 9.13. The molecule has 0 spiro atoms. The summed E-state index contributed by atoms with van der Waals surface area (Å²) < 4.78 is 19.8. The fraction of sp³-hybridized carbons (Fsp3) is 0.515. The molecule has 2 aliphatic rings. The van der Waals surface area contributed by atoms with Crippen LogP contribution in [-0.2, 0) is 11.0 Å². The van der Waals surface area contributed by atoms with E-state index in [1.807, 2.05) is 26.0 Å². The SMILES string of the molecule is CCc1cc(Nc2ncc(Br)c(Nc3ccc(C)c(C)c3P(C)(C)=O)n2)c(OC)cc1N1CCC(N2CCN(C)CC2)CC1. The maximum Gasteiger partial charge on any atom is 0.229 e. The maximum atomic E-state index is 13.2. The minimum atomic E-state index is -2.55. The van der Waals surface area contributed by atoms with E-state index in [-0.39, 0.29) is 0 Å². The Bertz CT molecular complexity index is 1530. The van der Waals surface area contributed by atoms with Gasteiger partial charge in [-0.05, 0) is 98.2 Å². The monoisotopic (exact) mass is 683 g/mol. The van der Waals surface area contributed by atoms with Crippen molar-refractivity contribution in [1.82, 2.24) is 19.8 Å². The lowest BCUT2D eigenvalue weighted by Crippen LogP contribution is -2.52. The molecule has 2 fully saturated rings. The molecule has 0 bridgehead atoms. The van der Waals surface area contributed by atoms with E-state index in [9.17, 15) is 4.57 Å². The molecule has 0 aliphatic carbocycles. The third kappa shape index (κ3) is 7.25. The highest BCUT2D eigenvalue weighted by Gasteiger charge is 2.28. The van der Waals surface area contributed by atoms with Crippen LogP contribution in [0.5, 0.6) is 5.75 Å². The number of halogens is 1. The Labute approximate surface area is 271 Å². The average molecular weight is 685 g/mol. The fourth-order valence-corrected chi connectivity index (χ4v) is 8.46. The van der Waals surface area contributed by atoms with Crippen LogP contribution < -0.4 is 25.6 Å². The molecule has 5 rings (SSSR count). The second kappa shape index (κ2) is 13.8. The Kier molecular flexibility index (Phi) is 10.2. The normalized spacial score (nSPS) is 17.1. The van der Waals surface area contributed by atoms with Crippen LogP contribution in [0, 0.1) is 13.8 Å². The number of nitrogens with one attached hydrogen (secondary N) is 2. The van der Waals surface area contributed by atoms with Crippen molar-refractivity contribution < 1.29 is 9.30 Å². The first-order valence-electron chi connectivity index (χ1n) is 15.6. The lowest BCUT2D eigenvalue weighted by molar-refractivity contribution is 0.0982. The first-order valence-corrected chi connectivity index (χ1v) is 19.0. The first kappa shape index (κ1) is 32.7. The molecule has 0 atom stereocenters. The molecule has 0 amide bonds. The summed E-state index contributed by atoms with van der Waals surface area (Å²) >= 11 is 3.60. The second-order valence-electron chi connectivity index (χ2n) is 12.5. The van der Waals surface area contributed by atoms with Gasteiger partial charge in [0.1, 0.15) is 18.7 Å². The van der Waals surface area contributed by atoms with E-state index in [2.05, 4.69) is 72.4 Å². The molecular weight excluding hydrogens is 637 g/mol. The predicted octanol–water partition coefficient (Wildman–Crippen LogP) is 6.38. The number of aromatic nitrogens is 2. The number of methoxy groups -OCH3 is 1. The van der Waals surface area contributed by atoms with Crippen molar-refractivity contribution in [3.8, 4) is 5.75 Å². The van der Waals surface area contributed by atoms with E-state index < -0.39 is 7.14 Å². The van der Waals surface area contributed by atoms with Gasteiger partial charge in [-0.1, -0.05) is 13.0 Å². The summed E-state index contributed by atoms with van der Waals surface area (Å²) in [5, 5.41) is 7.67. The van der Waals surface area contributed by atoms with E-state index in [4.69, 9.17) is 9.72 Å². The molecule has 2 aliphatic heterocycles. The van der Waals surface area contributed by atoms with Gasteiger partial charge in [-0.15, -0.1) is 0 Å². The number of hydrogen-bond donors (Lipinski definition) is 2. The highest BCUT2D eigenvalue weighted by molar-refractivity contribution is 9.10. The van der Waals surface area contributed by atoms with Crippen LogP contribution in [0.15, 0.2) is 34.9 Å². The number of nitrogens with zero attached hydrogens (tertiary/aromatic N) is 5. The molecule has 0 unspecified atom stereocenters. The number of hydrogen-bond acceptors (Lipinski definition) is 9. The molecule has 9 nitrogen and oxygen atoms in total. The van der Waals surface area contributed by atoms with E-state index in [0.717, 1.165) is 66.2 Å². The Morgan fingerprint density at radius 1 is 1.02 bits per heavy atom. The van der Waals surface area contributed by atoms with Gasteiger partial charge < -0.3 is 29.7 Å². The number of likely N-dealkylation sites (N-methyl/N-ethyl adjacent to an activating group) is 1. The largest absolute Gasteiger partial charge is 0.494 e. The van der Waals surface area contributed by atoms with Gasteiger partial charge in [-0.25, -0.2) is 4.98 Å². The minimum Gasteiger partial charge on any atom is -0.494 e. The standard InChI is InChI=1S/C33H47BrN7O2P/c1-8-24-19-28(30(43-5)20-29(24)41-13-11-25(12-14-41)40-17-15-39(4)16-18-40)37-33-35-21-26(34)32(38-33)36-27-10-9-22(2)23(3)31(27)44(6,7)42/h9-10,19-21,25H,8,11-18H2,1-7H3,(H2,35,36,37,38). The molecule has 0 saturated carbocycles. The Morgan fingerprint density at radius 2 is 1.73 bits per heavy atom. The summed E-state index contributed by atoms with van der Waals surface area (Å²) in [4.78, 5) is 17.0. The minimum absolute atomic E-state index is 0.443. The van der Waals surface area contributed by atoms with Crippen molar-refractivity contribution in [1.29, 1.82) is 0 Å². The lowest BCUT2D eigenvalue weighted by atomic mass is 9.99. The Hall–Kier alpha value is -2.65. The van der Waals surface area contributed by atoms with Gasteiger partial charge in [0, 0.05) is 68.6 Å². The highest BCUT2D eigenvalue weighted by atomic mass is 79.9. The van der Waals surface area contributed by atoms with Gasteiger partial charge in [0.2, 0.25) is 5.95 Å². The van der Waals surface area contributed by atoms with Gasteiger partial charge in [0.25, 0.3) is 0 Å². The van der Waals surface area contributed by atoms with Crippen LogP contribution in [0.3, 0.4) is 0 Å². The molecule has 3 aromatic rings. The summed E-state index contributed by atoms with van der Waals surface area (Å²) in [6.07, 6.45) is 5.00. The summed E-state index contributed by atoms with van der Waals surface area (Å²) in [6, 6.07) is 9.02. The number of benzene rings is 2. The van der Waals surface area contributed by atoms with Crippen LogP contribution in [0.4, 0.5) is 28.8 Å². The molecule has 1 aromatic heterocycles. The Morgan fingerprint density at radius 3 is 2.36 bits per heavy atom. The van der Waals surface area contributed by atoms with Crippen LogP contribution in [0.2, 0.25) is 0 Å². The zero-order chi connectivity index (χ0) is 31.6. The van der Waals surface area contributed by atoms with Crippen LogP contribution in [0.25, 0.3) is 0 Å². The van der Waals surface area contributed by atoms with Gasteiger partial charge in [0.05, 0.1) is 23.0 Å². The van der Waals surface area contributed by atoms with Crippen molar-refractivity contribution >= 4 is 57.2 Å². The van der Waals surface area contributed by atoms with Crippen molar-refractivity contribution in [2.45, 2.75) is 46.1 Å². The first-order chi connectivity index (χ1) is 21.0. The molecule has 238 valence electrons. The quantitative estimate of drug-likeness (QED) is 0.250. The van der Waals surface area contributed by atoms with Crippen LogP contribution in [0.1, 0.15) is 36.5 Å². The molecule has 44 heavy (non-hydrogen) atoms. The van der Waals surface area contributed by atoms with E-state index in [1.165, 1.54) is 37.2 Å². The summed E-state index contributed by atoms with van der Waals surface area (Å²) in [7, 11) is 1.38. The maximum absolute atomic E-state index is 13.2. The highest BCUT2D eigenvalue weighted by Crippen LogP contribution is 2.41. The van der Waals surface area contributed by atoms with Gasteiger partial charge in [-0.3, -0.25) is 4.90 Å². The number of piperidine rings is 1. The van der Waals surface area contributed by atoms with E-state index in [1.54, 1.807) is 26.6 Å². The van der Waals surface area contributed by atoms with Gasteiger partial charge in [-0.2, -0.15) is 4.98 Å². The van der Waals surface area contributed by atoms with Crippen LogP contribution >= 0.6 is 23.1 Å². The van der Waals surface area contributed by atoms with Gasteiger partial charge >= 0.3 is 0 Å². The second-order valence-corrected chi connectivity index (χ2v) is 16.5. The average Bonchev–Trinajstić information content (AvgIpc) is 3.00. The number of rotatable bonds is 9. The summed E-state index contributed by atoms with van der Waals surface area (Å²) in [5.74, 6) is 1.79. The zero-order valence-electron chi connectivity index (χ0n) is 27.2. The predicted molar refractivity (Wildman–Crippen MR) is 188 cm³/mol. The molecule has 11 heteroatoms.